The van der Waals surface area contributed by atoms with Gasteiger partial charge < -0.3 is 14.8 Å². The number of pyridine rings is 1. The van der Waals surface area contributed by atoms with Crippen LogP contribution in [0.1, 0.15) is 22.7 Å². The molecule has 1 saturated heterocycles. The minimum atomic E-state index is -0.372. The Morgan fingerprint density at radius 3 is 2.39 bits per heavy atom. The fourth-order valence-electron chi connectivity index (χ4n) is 2.53. The molecule has 2 heterocycles. The van der Waals surface area contributed by atoms with E-state index in [4.69, 9.17) is 9.47 Å². The summed E-state index contributed by atoms with van der Waals surface area (Å²) < 4.78 is 9.81. The Hall–Kier alpha value is -3.78. The summed E-state index contributed by atoms with van der Waals surface area (Å²) >= 11 is 0. The molecule has 5 nitrogen and oxygen atoms in total. The minimum Gasteiger partial charge on any atom is -0.497 e. The van der Waals surface area contributed by atoms with Crippen molar-refractivity contribution in [1.82, 2.24) is 10.3 Å². The Labute approximate surface area is 164 Å². The molecule has 0 spiro atoms. The van der Waals surface area contributed by atoms with Gasteiger partial charge in [0.05, 0.1) is 13.2 Å². The van der Waals surface area contributed by atoms with Crippen molar-refractivity contribution in [2.75, 3.05) is 13.7 Å². The van der Waals surface area contributed by atoms with Gasteiger partial charge in [0.15, 0.2) is 0 Å². The van der Waals surface area contributed by atoms with E-state index in [0.717, 1.165) is 22.4 Å². The number of aromatic nitrogens is 1. The molecule has 0 unspecified atom stereocenters. The van der Waals surface area contributed by atoms with Gasteiger partial charge in [0, 0.05) is 23.5 Å². The number of para-hydroxylation sites is 1. The van der Waals surface area contributed by atoms with Gasteiger partial charge in [-0.25, -0.2) is 4.79 Å². The number of ether oxygens (including phenoxy) is 2. The Morgan fingerprint density at radius 2 is 1.75 bits per heavy atom. The van der Waals surface area contributed by atoms with Crippen LogP contribution in [-0.4, -0.2) is 24.8 Å². The maximum atomic E-state index is 11.1. The highest BCUT2D eigenvalue weighted by atomic mass is 16.6. The number of benzene rings is 2. The first-order chi connectivity index (χ1) is 13.7. The van der Waals surface area contributed by atoms with Gasteiger partial charge in [-0.2, -0.15) is 0 Å². The molecule has 1 atom stereocenters. The van der Waals surface area contributed by atoms with Gasteiger partial charge >= 0.3 is 6.09 Å². The molecule has 1 aromatic heterocycles. The number of nitrogens with zero attached hydrogens (tertiary/aromatic N) is 1. The van der Waals surface area contributed by atoms with Crippen LogP contribution in [0, 0.1) is 11.8 Å². The molecule has 1 aliphatic heterocycles. The number of alkyl carbamates (subject to hydrolysis) is 1. The third kappa shape index (κ3) is 5.61. The highest BCUT2D eigenvalue weighted by molar-refractivity contribution is 5.70. The summed E-state index contributed by atoms with van der Waals surface area (Å²) in [5.41, 5.74) is 2.82. The number of methoxy groups -OCH3 is 1. The maximum absolute atomic E-state index is 11.1. The molecule has 140 valence electrons. The number of cyclic esters (lactones) is 1. The van der Waals surface area contributed by atoms with E-state index in [1.54, 1.807) is 19.5 Å². The number of hydrogen-bond acceptors (Lipinski definition) is 4. The van der Waals surface area contributed by atoms with Crippen LogP contribution in [0.2, 0.25) is 0 Å². The molecule has 1 aliphatic rings. The van der Waals surface area contributed by atoms with Crippen molar-refractivity contribution in [1.29, 1.82) is 0 Å². The van der Waals surface area contributed by atoms with E-state index >= 15 is 0 Å². The molecule has 1 N–H and O–H groups in total. The van der Waals surface area contributed by atoms with Crippen LogP contribution >= 0.6 is 0 Å². The molecule has 1 fully saturated rings. The summed E-state index contributed by atoms with van der Waals surface area (Å²) in [5.74, 6) is 7.09. The van der Waals surface area contributed by atoms with Crippen LogP contribution in [0.15, 0.2) is 79.1 Å². The lowest BCUT2D eigenvalue weighted by atomic mass is 10.0. The van der Waals surface area contributed by atoms with Gasteiger partial charge in [-0.15, -0.1) is 0 Å². The highest BCUT2D eigenvalue weighted by Gasteiger charge is 2.23. The molecule has 3 aromatic rings. The van der Waals surface area contributed by atoms with Gasteiger partial charge in [-0.3, -0.25) is 4.98 Å². The monoisotopic (exact) mass is 372 g/mol. The lowest BCUT2D eigenvalue weighted by molar-refractivity contribution is 0.177. The zero-order chi connectivity index (χ0) is 19.6. The van der Waals surface area contributed by atoms with Crippen molar-refractivity contribution >= 4 is 6.09 Å². The number of amides is 1. The normalized spacial score (nSPS) is 14.5. The summed E-state index contributed by atoms with van der Waals surface area (Å²) in [4.78, 5) is 15.0. The predicted octanol–water partition coefficient (Wildman–Crippen LogP) is 3.96. The largest absolute Gasteiger partial charge is 0.497 e. The third-order valence-electron chi connectivity index (χ3n) is 3.97. The lowest BCUT2D eigenvalue weighted by Crippen LogP contribution is -2.18. The molecule has 4 rings (SSSR count). The third-order valence-corrected chi connectivity index (χ3v) is 3.97. The van der Waals surface area contributed by atoms with Crippen LogP contribution in [0.5, 0.6) is 5.75 Å². The zero-order valence-corrected chi connectivity index (χ0v) is 15.5. The fraction of sp³-hybridized carbons (Fsp3) is 0.130. The minimum absolute atomic E-state index is 0.0924. The van der Waals surface area contributed by atoms with E-state index in [9.17, 15) is 4.79 Å². The molecular weight excluding hydrogens is 352 g/mol. The van der Waals surface area contributed by atoms with E-state index in [0.29, 0.717) is 6.61 Å². The molecule has 28 heavy (non-hydrogen) atoms. The van der Waals surface area contributed by atoms with Crippen molar-refractivity contribution in [3.63, 3.8) is 0 Å². The van der Waals surface area contributed by atoms with Crippen molar-refractivity contribution in [2.45, 2.75) is 6.04 Å². The van der Waals surface area contributed by atoms with Crippen LogP contribution in [0.25, 0.3) is 0 Å². The summed E-state index contributed by atoms with van der Waals surface area (Å²) in [6.45, 7) is 0.361. The summed E-state index contributed by atoms with van der Waals surface area (Å²) in [6.07, 6.45) is 3.06. The standard InChI is InChI=1S/C16H12N2O2.C7H8O/c19-16-18-15(11-20-16)14-3-1-2-13(10-14)5-4-12-6-8-17-9-7-12;1-8-7-5-3-2-4-6-7/h1-3,6-10,15H,11H2,(H,18,19);2-6H,1H3/t15-;/m0./s1. The predicted molar refractivity (Wildman–Crippen MR) is 107 cm³/mol. The molecular formula is C23H20N2O3. The van der Waals surface area contributed by atoms with E-state index in [-0.39, 0.29) is 12.1 Å². The Bertz CT molecular complexity index is 963. The topological polar surface area (TPSA) is 60.5 Å². The molecule has 1 amide bonds. The van der Waals surface area contributed by atoms with Crippen molar-refractivity contribution in [3.8, 4) is 17.6 Å². The van der Waals surface area contributed by atoms with Crippen LogP contribution in [0.3, 0.4) is 0 Å². The number of carbonyl (C=O) groups excluding carboxylic acids is 1. The molecule has 0 aliphatic carbocycles. The Morgan fingerprint density at radius 1 is 1.00 bits per heavy atom. The Kier molecular flexibility index (Phi) is 6.64. The molecule has 5 heteroatoms. The summed E-state index contributed by atoms with van der Waals surface area (Å²) in [7, 11) is 1.66. The first-order valence-electron chi connectivity index (χ1n) is 8.79. The van der Waals surface area contributed by atoms with E-state index in [2.05, 4.69) is 22.1 Å². The van der Waals surface area contributed by atoms with Gasteiger partial charge in [0.2, 0.25) is 0 Å². The van der Waals surface area contributed by atoms with Crippen molar-refractivity contribution in [2.24, 2.45) is 0 Å². The quantitative estimate of drug-likeness (QED) is 0.692. The van der Waals surface area contributed by atoms with E-state index in [1.165, 1.54) is 0 Å². The van der Waals surface area contributed by atoms with E-state index in [1.807, 2.05) is 66.7 Å². The lowest BCUT2D eigenvalue weighted by Gasteiger charge is -2.07. The van der Waals surface area contributed by atoms with Gasteiger partial charge in [0.25, 0.3) is 0 Å². The zero-order valence-electron chi connectivity index (χ0n) is 15.5. The molecule has 0 bridgehead atoms. The Balaban J connectivity index is 0.000000236. The van der Waals surface area contributed by atoms with E-state index < -0.39 is 0 Å². The summed E-state index contributed by atoms with van der Waals surface area (Å²) in [5, 5.41) is 2.75. The van der Waals surface area contributed by atoms with Gasteiger partial charge in [-0.1, -0.05) is 42.2 Å². The number of carbonyl (C=O) groups is 1. The fourth-order valence-corrected chi connectivity index (χ4v) is 2.53. The first kappa shape index (κ1) is 19.0. The number of nitrogens with one attached hydrogen (secondary N) is 1. The molecule has 0 saturated carbocycles. The van der Waals surface area contributed by atoms with Crippen LogP contribution < -0.4 is 10.1 Å². The highest BCUT2D eigenvalue weighted by Crippen LogP contribution is 2.18. The second kappa shape index (κ2) is 9.79. The molecule has 0 radical (unpaired) electrons. The maximum Gasteiger partial charge on any atom is 0.407 e. The molecule has 2 aromatic carbocycles. The smallest absolute Gasteiger partial charge is 0.407 e. The van der Waals surface area contributed by atoms with Crippen molar-refractivity contribution < 1.29 is 14.3 Å². The summed E-state index contributed by atoms with van der Waals surface area (Å²) in [6, 6.07) is 21.1. The average Bonchev–Trinajstić information content (AvgIpc) is 3.21. The number of rotatable bonds is 2. The van der Waals surface area contributed by atoms with Crippen molar-refractivity contribution in [3.05, 3.63) is 95.8 Å². The number of hydrogen-bond donors (Lipinski definition) is 1. The second-order valence-electron chi connectivity index (χ2n) is 5.92. The second-order valence-corrected chi connectivity index (χ2v) is 5.92. The SMILES string of the molecule is COc1ccccc1.O=C1N[C@H](c2cccc(C#Cc3ccncc3)c2)CO1. The van der Waals surface area contributed by atoms with Crippen LogP contribution in [-0.2, 0) is 4.74 Å². The van der Waals surface area contributed by atoms with Gasteiger partial charge in [0.1, 0.15) is 12.4 Å². The first-order valence-corrected chi connectivity index (χ1v) is 8.79. The van der Waals surface area contributed by atoms with Gasteiger partial charge in [-0.05, 0) is 42.0 Å². The average molecular weight is 372 g/mol. The van der Waals surface area contributed by atoms with Crippen LogP contribution in [0.4, 0.5) is 4.79 Å².